The van der Waals surface area contributed by atoms with Crippen molar-refractivity contribution in [2.45, 2.75) is 37.6 Å². The van der Waals surface area contributed by atoms with Crippen molar-refractivity contribution in [2.24, 2.45) is 5.14 Å². The minimum absolute atomic E-state index is 0.381. The molecule has 2 aliphatic rings. The van der Waals surface area contributed by atoms with E-state index >= 15 is 0 Å². The molecule has 0 saturated carbocycles. The number of benzene rings is 3. The summed E-state index contributed by atoms with van der Waals surface area (Å²) in [6, 6.07) is 16.6. The maximum Gasteiger partial charge on any atom is 0.150 e. The molecule has 0 aliphatic carbocycles. The number of carbonyl (C=O) groups excluding carboxylic acids is 1. The molecule has 3 aromatic rings. The lowest BCUT2D eigenvalue weighted by Gasteiger charge is -2.35. The van der Waals surface area contributed by atoms with Crippen molar-refractivity contribution in [3.63, 3.8) is 0 Å². The fourth-order valence-electron chi connectivity index (χ4n) is 5.45. The monoisotopic (exact) mass is 592 g/mol. The van der Waals surface area contributed by atoms with Crippen LogP contribution in [0.25, 0.3) is 0 Å². The number of rotatable bonds is 6. The zero-order chi connectivity index (χ0) is 30.2. The van der Waals surface area contributed by atoms with Crippen molar-refractivity contribution >= 4 is 35.3 Å². The van der Waals surface area contributed by atoms with Crippen molar-refractivity contribution in [2.75, 3.05) is 61.4 Å². The number of halogens is 2. The smallest absolute Gasteiger partial charge is 0.150 e. The van der Waals surface area contributed by atoms with E-state index in [0.29, 0.717) is 16.6 Å². The third-order valence-electron chi connectivity index (χ3n) is 7.90. The molecule has 0 atom stereocenters. The molecule has 5 rings (SSSR count). The van der Waals surface area contributed by atoms with Gasteiger partial charge in [-0.25, -0.2) is 8.78 Å². The van der Waals surface area contributed by atoms with Gasteiger partial charge in [0.2, 0.25) is 0 Å². The number of para-hydroxylation sites is 1. The first-order chi connectivity index (χ1) is 20.2. The van der Waals surface area contributed by atoms with Crippen LogP contribution in [0.5, 0.6) is 0 Å². The maximum atomic E-state index is 13.8. The van der Waals surface area contributed by atoms with Crippen LogP contribution < -0.4 is 20.3 Å². The van der Waals surface area contributed by atoms with Gasteiger partial charge in [-0.2, -0.15) is 5.26 Å². The molecule has 222 valence electrons. The Hall–Kier alpha value is -3.65. The number of nitrogens with zero attached hydrogens (tertiary/aromatic N) is 4. The molecule has 7 nitrogen and oxygen atoms in total. The Kier molecular flexibility index (Phi) is 10.8. The second kappa shape index (κ2) is 14.5. The molecule has 0 spiro atoms. The molecule has 42 heavy (non-hydrogen) atoms. The van der Waals surface area contributed by atoms with Gasteiger partial charge in [0.15, 0.2) is 5.82 Å². The van der Waals surface area contributed by atoms with Gasteiger partial charge in [-0.05, 0) is 81.1 Å². The van der Waals surface area contributed by atoms with Gasteiger partial charge in [-0.1, -0.05) is 18.2 Å². The summed E-state index contributed by atoms with van der Waals surface area (Å²) in [7, 11) is 2.02. The highest BCUT2D eigenvalue weighted by Gasteiger charge is 2.23. The number of piperidine rings is 1. The van der Waals surface area contributed by atoms with Crippen LogP contribution in [0.4, 0.5) is 25.8 Å². The van der Waals surface area contributed by atoms with Crippen LogP contribution in [-0.4, -0.2) is 63.5 Å². The Morgan fingerprint density at radius 1 is 0.976 bits per heavy atom. The molecule has 3 N–H and O–H groups in total. The third kappa shape index (κ3) is 7.59. The summed E-state index contributed by atoms with van der Waals surface area (Å²) in [4.78, 5) is 18.0. The summed E-state index contributed by atoms with van der Waals surface area (Å²) < 4.78 is 26.9. The van der Waals surface area contributed by atoms with Crippen LogP contribution in [0.2, 0.25) is 0 Å². The summed E-state index contributed by atoms with van der Waals surface area (Å²) in [5.74, 6) is -1.13. The number of hydrogen-bond donors (Lipinski definition) is 2. The SMILES string of the molecule is CN1CCN(c2c(F)cc(F)cc2SN)CC1.Cc1cc(C)c(NC2CCN(c3ccccc3C#N)CC2)cc1C=O. The van der Waals surface area contributed by atoms with E-state index in [2.05, 4.69) is 34.2 Å². The van der Waals surface area contributed by atoms with Gasteiger partial charge in [0, 0.05) is 62.6 Å². The van der Waals surface area contributed by atoms with Gasteiger partial charge >= 0.3 is 0 Å². The second-order valence-electron chi connectivity index (χ2n) is 10.8. The first-order valence-corrected chi connectivity index (χ1v) is 15.0. The van der Waals surface area contributed by atoms with Crippen molar-refractivity contribution in [3.05, 3.63) is 82.4 Å². The van der Waals surface area contributed by atoms with E-state index in [1.165, 1.54) is 11.6 Å². The van der Waals surface area contributed by atoms with Crippen LogP contribution in [0.3, 0.4) is 0 Å². The van der Waals surface area contributed by atoms with Gasteiger partial charge in [0.05, 0.1) is 21.8 Å². The van der Waals surface area contributed by atoms with E-state index in [1.807, 2.05) is 49.2 Å². The molecule has 2 saturated heterocycles. The number of likely N-dealkylation sites (N-methyl/N-ethyl adjacent to an activating group) is 1. The molecule has 0 amide bonds. The van der Waals surface area contributed by atoms with Gasteiger partial charge in [-0.3, -0.25) is 9.93 Å². The Labute approximate surface area is 251 Å². The number of hydrogen-bond acceptors (Lipinski definition) is 8. The van der Waals surface area contributed by atoms with Crippen molar-refractivity contribution in [1.82, 2.24) is 4.90 Å². The highest BCUT2D eigenvalue weighted by atomic mass is 32.2. The third-order valence-corrected chi connectivity index (χ3v) is 8.46. The standard InChI is InChI=1S/C21H23N3O.C11H15F2N3S/c1-15-11-16(2)20(12-18(15)14-25)23-19-7-9-24(10-8-19)21-6-4-3-5-17(21)13-22;1-15-2-4-16(5-3-15)11-9(13)6-8(12)7-10(11)17-14/h3-6,11-12,14,19,23H,7-10H2,1-2H3;6-7H,2-5,14H2,1H3. The van der Waals surface area contributed by atoms with Gasteiger partial charge in [-0.15, -0.1) is 0 Å². The molecular formula is C32H38F2N6OS. The van der Waals surface area contributed by atoms with E-state index < -0.39 is 11.6 Å². The lowest BCUT2D eigenvalue weighted by Crippen LogP contribution is -2.45. The summed E-state index contributed by atoms with van der Waals surface area (Å²) in [6.07, 6.45) is 2.92. The predicted octanol–water partition coefficient (Wildman–Crippen LogP) is 5.75. The van der Waals surface area contributed by atoms with Crippen LogP contribution in [0.1, 0.15) is 39.9 Å². The molecule has 2 fully saturated rings. The van der Waals surface area contributed by atoms with Crippen molar-refractivity contribution in [1.29, 1.82) is 5.26 Å². The van der Waals surface area contributed by atoms with E-state index in [0.717, 1.165) is 104 Å². The normalized spacial score (nSPS) is 15.9. The summed E-state index contributed by atoms with van der Waals surface area (Å²) in [6.45, 7) is 9.06. The molecule has 2 aliphatic heterocycles. The van der Waals surface area contributed by atoms with Gasteiger partial charge in [0.1, 0.15) is 18.2 Å². The Morgan fingerprint density at radius 2 is 1.67 bits per heavy atom. The topological polar surface area (TPSA) is 88.6 Å². The predicted molar refractivity (Wildman–Crippen MR) is 167 cm³/mol. The van der Waals surface area contributed by atoms with Crippen LogP contribution in [0, 0.1) is 36.8 Å². The number of nitrogens with one attached hydrogen (secondary N) is 1. The summed E-state index contributed by atoms with van der Waals surface area (Å²) in [5, 5.41) is 18.4. The van der Waals surface area contributed by atoms with Crippen LogP contribution in [0.15, 0.2) is 53.4 Å². The average Bonchev–Trinajstić information content (AvgIpc) is 2.99. The molecule has 2 heterocycles. The fraction of sp³-hybridized carbons (Fsp3) is 0.375. The highest BCUT2D eigenvalue weighted by Crippen LogP contribution is 2.32. The lowest BCUT2D eigenvalue weighted by atomic mass is 10.0. The lowest BCUT2D eigenvalue weighted by molar-refractivity contribution is 0.112. The average molecular weight is 593 g/mol. The minimum Gasteiger partial charge on any atom is -0.382 e. The van der Waals surface area contributed by atoms with Crippen molar-refractivity contribution < 1.29 is 13.6 Å². The van der Waals surface area contributed by atoms with E-state index in [9.17, 15) is 18.8 Å². The number of carbonyl (C=O) groups is 1. The second-order valence-corrected chi connectivity index (χ2v) is 11.5. The Bertz CT molecular complexity index is 1430. The molecule has 10 heteroatoms. The number of nitrogens with two attached hydrogens (primary N) is 1. The highest BCUT2D eigenvalue weighted by molar-refractivity contribution is 7.97. The van der Waals surface area contributed by atoms with Crippen molar-refractivity contribution in [3.8, 4) is 6.07 Å². The summed E-state index contributed by atoms with van der Waals surface area (Å²) >= 11 is 0.883. The van der Waals surface area contributed by atoms with Crippen LogP contribution in [-0.2, 0) is 0 Å². The molecule has 0 unspecified atom stereocenters. The zero-order valence-electron chi connectivity index (χ0n) is 24.4. The summed E-state index contributed by atoms with van der Waals surface area (Å²) in [5.41, 5.74) is 6.16. The maximum absolute atomic E-state index is 13.8. The van der Waals surface area contributed by atoms with E-state index in [1.54, 1.807) is 0 Å². The molecule has 0 radical (unpaired) electrons. The van der Waals surface area contributed by atoms with Crippen LogP contribution >= 0.6 is 11.9 Å². The molecule has 0 aromatic heterocycles. The quantitative estimate of drug-likeness (QED) is 0.276. The van der Waals surface area contributed by atoms with E-state index in [-0.39, 0.29) is 0 Å². The molecule has 3 aromatic carbocycles. The molecule has 0 bridgehead atoms. The largest absolute Gasteiger partial charge is 0.382 e. The Balaban J connectivity index is 0.000000208. The number of aryl methyl sites for hydroxylation is 2. The number of piperazine rings is 1. The van der Waals surface area contributed by atoms with Gasteiger partial charge < -0.3 is 20.0 Å². The first-order valence-electron chi connectivity index (χ1n) is 14.1. The van der Waals surface area contributed by atoms with Gasteiger partial charge in [0.25, 0.3) is 0 Å². The number of nitriles is 1. The zero-order valence-corrected chi connectivity index (χ0v) is 25.2. The number of anilines is 3. The fourth-order valence-corrected chi connectivity index (χ4v) is 5.97. The first kappa shape index (κ1) is 31.3. The van der Waals surface area contributed by atoms with E-state index in [4.69, 9.17) is 5.14 Å². The molecular weight excluding hydrogens is 554 g/mol. The minimum atomic E-state index is -0.590. The Morgan fingerprint density at radius 3 is 2.31 bits per heavy atom. The number of aldehydes is 1.